The highest BCUT2D eigenvalue weighted by molar-refractivity contribution is 5.20. The molecule has 0 bridgehead atoms. The predicted octanol–water partition coefficient (Wildman–Crippen LogP) is 1.59. The second kappa shape index (κ2) is 6.05. The predicted molar refractivity (Wildman–Crippen MR) is 60.5 cm³/mol. The number of hydrogen-bond donors (Lipinski definition) is 1. The Kier molecular flexibility index (Phi) is 4.65. The van der Waals surface area contributed by atoms with Crippen molar-refractivity contribution in [3.8, 4) is 18.2 Å². The third-order valence-electron chi connectivity index (χ3n) is 2.17. The van der Waals surface area contributed by atoms with Gasteiger partial charge >= 0.3 is 0 Å². The smallest absolute Gasteiger partial charge is 0.213 e. The highest BCUT2D eigenvalue weighted by Gasteiger charge is 2.01. The third-order valence-corrected chi connectivity index (χ3v) is 2.17. The average molecular weight is 204 g/mol. The van der Waals surface area contributed by atoms with Crippen LogP contribution in [0.5, 0.6) is 5.88 Å². The Balaban J connectivity index is 2.54. The van der Waals surface area contributed by atoms with Crippen LogP contribution in [0.3, 0.4) is 0 Å². The molecule has 1 atom stereocenters. The van der Waals surface area contributed by atoms with E-state index < -0.39 is 0 Å². The van der Waals surface area contributed by atoms with Gasteiger partial charge in [-0.15, -0.1) is 6.42 Å². The maximum Gasteiger partial charge on any atom is 0.213 e. The summed E-state index contributed by atoms with van der Waals surface area (Å²) < 4.78 is 5.04. The van der Waals surface area contributed by atoms with E-state index in [0.29, 0.717) is 5.88 Å². The topological polar surface area (TPSA) is 34.2 Å². The zero-order valence-electron chi connectivity index (χ0n) is 9.16. The van der Waals surface area contributed by atoms with Gasteiger partial charge in [0.1, 0.15) is 0 Å². The molecule has 1 rings (SSSR count). The fourth-order valence-electron chi connectivity index (χ4n) is 1.23. The summed E-state index contributed by atoms with van der Waals surface area (Å²) in [6, 6.07) is 3.97. The minimum Gasteiger partial charge on any atom is -0.481 e. The van der Waals surface area contributed by atoms with Crippen molar-refractivity contribution in [1.29, 1.82) is 0 Å². The molecule has 0 aliphatic carbocycles. The lowest BCUT2D eigenvalue weighted by Gasteiger charge is -2.10. The van der Waals surface area contributed by atoms with E-state index in [1.807, 2.05) is 12.1 Å². The molecule has 15 heavy (non-hydrogen) atoms. The van der Waals surface area contributed by atoms with Crippen LogP contribution in [-0.4, -0.2) is 18.1 Å². The van der Waals surface area contributed by atoms with Gasteiger partial charge in [-0.05, 0) is 18.1 Å². The molecule has 0 saturated carbocycles. The van der Waals surface area contributed by atoms with Gasteiger partial charge in [0.25, 0.3) is 0 Å². The number of aromatic nitrogens is 1. The molecule has 3 heteroatoms. The fourth-order valence-corrected chi connectivity index (χ4v) is 1.23. The van der Waals surface area contributed by atoms with Crippen LogP contribution in [0, 0.1) is 12.3 Å². The Morgan fingerprint density at radius 3 is 3.07 bits per heavy atom. The monoisotopic (exact) mass is 204 g/mol. The van der Waals surface area contributed by atoms with Crippen LogP contribution in [0.15, 0.2) is 18.3 Å². The molecular formula is C12H16N2O. The molecule has 80 valence electrons. The number of rotatable bonds is 5. The Bertz CT molecular complexity index is 344. The number of methoxy groups -OCH3 is 1. The standard InChI is InChI=1S/C12H16N2O/c1-4-11(5-2)14-9-10-6-7-13-12(8-10)15-3/h1,6-8,11,14H,5,9H2,2-3H3. The highest BCUT2D eigenvalue weighted by Crippen LogP contribution is 2.08. The van der Waals surface area contributed by atoms with E-state index in [1.165, 1.54) is 0 Å². The van der Waals surface area contributed by atoms with Crippen LogP contribution >= 0.6 is 0 Å². The molecule has 0 fully saturated rings. The average Bonchev–Trinajstić information content (AvgIpc) is 2.31. The Labute approximate surface area is 90.9 Å². The molecule has 3 nitrogen and oxygen atoms in total. The number of ether oxygens (including phenoxy) is 1. The van der Waals surface area contributed by atoms with Crippen molar-refractivity contribution in [2.24, 2.45) is 0 Å². The summed E-state index contributed by atoms with van der Waals surface area (Å²) >= 11 is 0. The quantitative estimate of drug-likeness (QED) is 0.740. The number of terminal acetylenes is 1. The second-order valence-electron chi connectivity index (χ2n) is 3.21. The molecule has 0 aromatic carbocycles. The molecule has 1 unspecified atom stereocenters. The minimum absolute atomic E-state index is 0.129. The molecule has 0 amide bonds. The molecule has 0 aliphatic heterocycles. The van der Waals surface area contributed by atoms with Crippen LogP contribution in [0.25, 0.3) is 0 Å². The summed E-state index contributed by atoms with van der Waals surface area (Å²) in [4.78, 5) is 4.03. The summed E-state index contributed by atoms with van der Waals surface area (Å²) in [6.45, 7) is 2.80. The fraction of sp³-hybridized carbons (Fsp3) is 0.417. The zero-order chi connectivity index (χ0) is 11.1. The first kappa shape index (κ1) is 11.5. The van der Waals surface area contributed by atoms with Gasteiger partial charge < -0.3 is 4.74 Å². The molecule has 0 saturated heterocycles. The summed E-state index contributed by atoms with van der Waals surface area (Å²) in [6.07, 6.45) is 8.01. The van der Waals surface area contributed by atoms with Crippen LogP contribution < -0.4 is 10.1 Å². The van der Waals surface area contributed by atoms with Crippen molar-refractivity contribution in [2.45, 2.75) is 25.9 Å². The van der Waals surface area contributed by atoms with Gasteiger partial charge in [0, 0.05) is 18.8 Å². The summed E-state index contributed by atoms with van der Waals surface area (Å²) in [7, 11) is 1.61. The van der Waals surface area contributed by atoms with Gasteiger partial charge in [-0.2, -0.15) is 0 Å². The van der Waals surface area contributed by atoms with E-state index in [1.54, 1.807) is 13.3 Å². The van der Waals surface area contributed by atoms with Crippen LogP contribution in [0.4, 0.5) is 0 Å². The van der Waals surface area contributed by atoms with Crippen LogP contribution in [0.1, 0.15) is 18.9 Å². The van der Waals surface area contributed by atoms with E-state index in [4.69, 9.17) is 11.2 Å². The SMILES string of the molecule is C#CC(CC)NCc1ccnc(OC)c1. The van der Waals surface area contributed by atoms with E-state index >= 15 is 0 Å². The lowest BCUT2D eigenvalue weighted by molar-refractivity contribution is 0.397. The number of hydrogen-bond acceptors (Lipinski definition) is 3. The normalized spacial score (nSPS) is 11.8. The van der Waals surface area contributed by atoms with E-state index in [0.717, 1.165) is 18.5 Å². The summed E-state index contributed by atoms with van der Waals surface area (Å²) in [5.41, 5.74) is 1.12. The van der Waals surface area contributed by atoms with Crippen molar-refractivity contribution in [3.63, 3.8) is 0 Å². The lowest BCUT2D eigenvalue weighted by Crippen LogP contribution is -2.26. The largest absolute Gasteiger partial charge is 0.481 e. The van der Waals surface area contributed by atoms with Gasteiger partial charge in [0.2, 0.25) is 5.88 Å². The summed E-state index contributed by atoms with van der Waals surface area (Å²) in [5, 5.41) is 3.27. The van der Waals surface area contributed by atoms with Gasteiger partial charge in [-0.1, -0.05) is 12.8 Å². The van der Waals surface area contributed by atoms with Crippen LogP contribution in [-0.2, 0) is 6.54 Å². The maximum atomic E-state index is 5.35. The summed E-state index contributed by atoms with van der Waals surface area (Å²) in [5.74, 6) is 3.32. The molecule has 1 heterocycles. The third kappa shape index (κ3) is 3.61. The Morgan fingerprint density at radius 2 is 2.47 bits per heavy atom. The Morgan fingerprint density at radius 1 is 1.67 bits per heavy atom. The minimum atomic E-state index is 0.129. The van der Waals surface area contributed by atoms with Crippen molar-refractivity contribution < 1.29 is 4.74 Å². The molecule has 1 aromatic rings. The van der Waals surface area contributed by atoms with Gasteiger partial charge in [-0.3, -0.25) is 5.32 Å². The number of pyridine rings is 1. The van der Waals surface area contributed by atoms with Gasteiger partial charge in [0.05, 0.1) is 13.2 Å². The van der Waals surface area contributed by atoms with Crippen molar-refractivity contribution in [3.05, 3.63) is 23.9 Å². The van der Waals surface area contributed by atoms with Crippen molar-refractivity contribution in [1.82, 2.24) is 10.3 Å². The number of nitrogens with one attached hydrogen (secondary N) is 1. The molecule has 0 radical (unpaired) electrons. The van der Waals surface area contributed by atoms with E-state index in [9.17, 15) is 0 Å². The molecule has 0 spiro atoms. The molecule has 1 aromatic heterocycles. The molecule has 1 N–H and O–H groups in total. The van der Waals surface area contributed by atoms with Crippen molar-refractivity contribution >= 4 is 0 Å². The Hall–Kier alpha value is -1.53. The van der Waals surface area contributed by atoms with Gasteiger partial charge in [0.15, 0.2) is 0 Å². The first-order valence-electron chi connectivity index (χ1n) is 4.98. The zero-order valence-corrected chi connectivity index (χ0v) is 9.16. The van der Waals surface area contributed by atoms with Gasteiger partial charge in [-0.25, -0.2) is 4.98 Å². The maximum absolute atomic E-state index is 5.35. The van der Waals surface area contributed by atoms with E-state index in [-0.39, 0.29) is 6.04 Å². The number of nitrogens with zero attached hydrogens (tertiary/aromatic N) is 1. The highest BCUT2D eigenvalue weighted by atomic mass is 16.5. The molecule has 0 aliphatic rings. The van der Waals surface area contributed by atoms with E-state index in [2.05, 4.69) is 23.1 Å². The van der Waals surface area contributed by atoms with Crippen LogP contribution in [0.2, 0.25) is 0 Å². The van der Waals surface area contributed by atoms with Crippen molar-refractivity contribution in [2.75, 3.05) is 7.11 Å². The first-order chi connectivity index (χ1) is 7.30. The molecular weight excluding hydrogens is 188 g/mol. The second-order valence-corrected chi connectivity index (χ2v) is 3.21. The lowest BCUT2D eigenvalue weighted by atomic mass is 10.2. The first-order valence-corrected chi connectivity index (χ1v) is 4.98.